The predicted molar refractivity (Wildman–Crippen MR) is 52.7 cm³/mol. The van der Waals surface area contributed by atoms with Crippen LogP contribution in [0.15, 0.2) is 10.8 Å². The van der Waals surface area contributed by atoms with Crippen molar-refractivity contribution < 1.29 is 9.90 Å². The highest BCUT2D eigenvalue weighted by Crippen LogP contribution is 2.23. The standard InChI is InChI=1S/C8H9BrN2O2/c1-2-4-6(8(12)13)5(10)3-11-7(4)9/h3H,2,10H2,1H3,(H,12,13). The topological polar surface area (TPSA) is 76.2 Å². The molecule has 0 fully saturated rings. The van der Waals surface area contributed by atoms with Gasteiger partial charge < -0.3 is 10.8 Å². The fourth-order valence-electron chi connectivity index (χ4n) is 1.12. The van der Waals surface area contributed by atoms with Crippen molar-refractivity contribution in [3.05, 3.63) is 21.9 Å². The molecule has 0 aliphatic rings. The van der Waals surface area contributed by atoms with Gasteiger partial charge in [-0.3, -0.25) is 0 Å². The molecular formula is C8H9BrN2O2. The summed E-state index contributed by atoms with van der Waals surface area (Å²) >= 11 is 3.18. The first-order chi connectivity index (χ1) is 6.07. The lowest BCUT2D eigenvalue weighted by molar-refractivity contribution is 0.0696. The average molecular weight is 245 g/mol. The zero-order chi connectivity index (χ0) is 10.0. The van der Waals surface area contributed by atoms with Crippen LogP contribution in [0.3, 0.4) is 0 Å². The summed E-state index contributed by atoms with van der Waals surface area (Å²) in [6, 6.07) is 0. The minimum atomic E-state index is -1.02. The summed E-state index contributed by atoms with van der Waals surface area (Å²) in [7, 11) is 0. The van der Waals surface area contributed by atoms with Crippen LogP contribution in [0.5, 0.6) is 0 Å². The molecule has 0 saturated heterocycles. The summed E-state index contributed by atoms with van der Waals surface area (Å²) in [5.41, 5.74) is 6.48. The second-order valence-corrected chi connectivity index (χ2v) is 3.27. The molecule has 0 unspecified atom stereocenters. The van der Waals surface area contributed by atoms with Crippen LogP contribution in [0, 0.1) is 0 Å². The number of carbonyl (C=O) groups is 1. The Morgan fingerprint density at radius 1 is 1.77 bits per heavy atom. The molecule has 0 bridgehead atoms. The summed E-state index contributed by atoms with van der Waals surface area (Å²) < 4.78 is 0.543. The highest BCUT2D eigenvalue weighted by atomic mass is 79.9. The Kier molecular flexibility index (Phi) is 2.87. The number of hydrogen-bond donors (Lipinski definition) is 2. The first-order valence-electron chi connectivity index (χ1n) is 3.74. The van der Waals surface area contributed by atoms with E-state index in [-0.39, 0.29) is 11.3 Å². The van der Waals surface area contributed by atoms with Crippen LogP contribution in [0.4, 0.5) is 5.69 Å². The number of nitrogens with zero attached hydrogens (tertiary/aromatic N) is 1. The van der Waals surface area contributed by atoms with Gasteiger partial charge in [-0.15, -0.1) is 0 Å². The van der Waals surface area contributed by atoms with E-state index in [1.165, 1.54) is 6.20 Å². The first-order valence-corrected chi connectivity index (χ1v) is 4.53. The molecule has 3 N–H and O–H groups in total. The van der Waals surface area contributed by atoms with E-state index in [0.717, 1.165) is 0 Å². The van der Waals surface area contributed by atoms with Crippen molar-refractivity contribution in [3.8, 4) is 0 Å². The third-order valence-electron chi connectivity index (χ3n) is 1.72. The number of nitrogen functional groups attached to an aromatic ring is 1. The third kappa shape index (κ3) is 1.80. The summed E-state index contributed by atoms with van der Waals surface area (Å²) in [6.45, 7) is 1.85. The molecule has 0 aromatic carbocycles. The Morgan fingerprint density at radius 3 is 2.77 bits per heavy atom. The second-order valence-electron chi connectivity index (χ2n) is 2.52. The van der Waals surface area contributed by atoms with Crippen LogP contribution in [-0.2, 0) is 6.42 Å². The van der Waals surface area contributed by atoms with E-state index in [4.69, 9.17) is 10.8 Å². The number of aromatic nitrogens is 1. The zero-order valence-electron chi connectivity index (χ0n) is 7.04. The number of aromatic carboxylic acids is 1. The number of pyridine rings is 1. The molecule has 0 radical (unpaired) electrons. The van der Waals surface area contributed by atoms with Crippen molar-refractivity contribution in [1.29, 1.82) is 0 Å². The van der Waals surface area contributed by atoms with Crippen LogP contribution in [0.2, 0.25) is 0 Å². The smallest absolute Gasteiger partial charge is 0.338 e. The summed E-state index contributed by atoms with van der Waals surface area (Å²) in [5.74, 6) is -1.02. The number of rotatable bonds is 2. The van der Waals surface area contributed by atoms with Gasteiger partial charge >= 0.3 is 5.97 Å². The fourth-order valence-corrected chi connectivity index (χ4v) is 1.70. The van der Waals surface area contributed by atoms with E-state index in [0.29, 0.717) is 16.6 Å². The molecule has 0 saturated carbocycles. The van der Waals surface area contributed by atoms with E-state index in [9.17, 15) is 4.79 Å². The van der Waals surface area contributed by atoms with Gasteiger partial charge in [-0.25, -0.2) is 9.78 Å². The molecule has 1 aromatic rings. The Balaban J connectivity index is 3.43. The summed E-state index contributed by atoms with van der Waals surface area (Å²) in [5, 5.41) is 8.87. The van der Waals surface area contributed by atoms with Gasteiger partial charge in [0, 0.05) is 5.56 Å². The summed E-state index contributed by atoms with van der Waals surface area (Å²) in [4.78, 5) is 14.7. The lowest BCUT2D eigenvalue weighted by atomic mass is 10.1. The highest BCUT2D eigenvalue weighted by Gasteiger charge is 2.15. The first kappa shape index (κ1) is 9.98. The molecular weight excluding hydrogens is 236 g/mol. The van der Waals surface area contributed by atoms with Crippen molar-refractivity contribution in [2.75, 3.05) is 5.73 Å². The van der Waals surface area contributed by atoms with Gasteiger partial charge in [-0.1, -0.05) is 6.92 Å². The van der Waals surface area contributed by atoms with Crippen molar-refractivity contribution in [2.45, 2.75) is 13.3 Å². The van der Waals surface area contributed by atoms with Gasteiger partial charge in [0.25, 0.3) is 0 Å². The van der Waals surface area contributed by atoms with Gasteiger partial charge in [0.05, 0.1) is 17.4 Å². The SMILES string of the molecule is CCc1c(Br)ncc(N)c1C(=O)O. The molecule has 0 aliphatic heterocycles. The van der Waals surface area contributed by atoms with Crippen molar-refractivity contribution in [3.63, 3.8) is 0 Å². The molecule has 4 nitrogen and oxygen atoms in total. The van der Waals surface area contributed by atoms with E-state index in [1.807, 2.05) is 6.92 Å². The van der Waals surface area contributed by atoms with Crippen molar-refractivity contribution in [2.24, 2.45) is 0 Å². The van der Waals surface area contributed by atoms with Crippen molar-refractivity contribution >= 4 is 27.6 Å². The maximum Gasteiger partial charge on any atom is 0.338 e. The summed E-state index contributed by atoms with van der Waals surface area (Å²) in [6.07, 6.45) is 1.92. The van der Waals surface area contributed by atoms with Gasteiger partial charge in [0.15, 0.2) is 0 Å². The molecule has 1 rings (SSSR count). The van der Waals surface area contributed by atoms with E-state index >= 15 is 0 Å². The largest absolute Gasteiger partial charge is 0.478 e. The number of hydrogen-bond acceptors (Lipinski definition) is 3. The van der Waals surface area contributed by atoms with E-state index in [2.05, 4.69) is 20.9 Å². The normalized spacial score (nSPS) is 10.0. The number of halogens is 1. The fraction of sp³-hybridized carbons (Fsp3) is 0.250. The minimum Gasteiger partial charge on any atom is -0.478 e. The van der Waals surface area contributed by atoms with Gasteiger partial charge in [-0.2, -0.15) is 0 Å². The molecule has 1 heterocycles. The number of anilines is 1. The molecule has 0 atom stereocenters. The lowest BCUT2D eigenvalue weighted by Crippen LogP contribution is -2.08. The van der Waals surface area contributed by atoms with Crippen LogP contribution in [0.25, 0.3) is 0 Å². The predicted octanol–water partition coefficient (Wildman–Crippen LogP) is 1.69. The quantitative estimate of drug-likeness (QED) is 0.777. The number of carboxylic acids is 1. The monoisotopic (exact) mass is 244 g/mol. The Hall–Kier alpha value is -1.10. The zero-order valence-corrected chi connectivity index (χ0v) is 8.63. The maximum absolute atomic E-state index is 10.8. The Morgan fingerprint density at radius 2 is 2.38 bits per heavy atom. The molecule has 1 aromatic heterocycles. The molecule has 0 aliphatic carbocycles. The average Bonchev–Trinajstić information content (AvgIpc) is 2.07. The number of carboxylic acid groups (broad SMARTS) is 1. The molecule has 5 heteroatoms. The van der Waals surface area contributed by atoms with Crippen LogP contribution in [-0.4, -0.2) is 16.1 Å². The maximum atomic E-state index is 10.8. The van der Waals surface area contributed by atoms with Gasteiger partial charge in [-0.05, 0) is 22.4 Å². The van der Waals surface area contributed by atoms with Crippen LogP contribution in [0.1, 0.15) is 22.8 Å². The van der Waals surface area contributed by atoms with Gasteiger partial charge in [0.2, 0.25) is 0 Å². The van der Waals surface area contributed by atoms with Crippen LogP contribution >= 0.6 is 15.9 Å². The van der Waals surface area contributed by atoms with Gasteiger partial charge in [0.1, 0.15) is 4.60 Å². The Labute approximate surface area is 83.9 Å². The highest BCUT2D eigenvalue weighted by molar-refractivity contribution is 9.10. The van der Waals surface area contributed by atoms with Crippen molar-refractivity contribution in [1.82, 2.24) is 4.98 Å². The lowest BCUT2D eigenvalue weighted by Gasteiger charge is -2.07. The molecule has 0 amide bonds. The molecule has 0 spiro atoms. The second kappa shape index (κ2) is 3.74. The molecule has 70 valence electrons. The van der Waals surface area contributed by atoms with E-state index < -0.39 is 5.97 Å². The minimum absolute atomic E-state index is 0.143. The third-order valence-corrected chi connectivity index (χ3v) is 2.41. The van der Waals surface area contributed by atoms with E-state index in [1.54, 1.807) is 0 Å². The van der Waals surface area contributed by atoms with Crippen LogP contribution < -0.4 is 5.73 Å². The molecule has 13 heavy (non-hydrogen) atoms. The number of nitrogens with two attached hydrogens (primary N) is 1. The Bertz CT molecular complexity index is 352.